The lowest BCUT2D eigenvalue weighted by Gasteiger charge is -2.26. The van der Waals surface area contributed by atoms with Crippen LogP contribution in [0.25, 0.3) is 0 Å². The van der Waals surface area contributed by atoms with Crippen molar-refractivity contribution in [1.82, 2.24) is 16.0 Å². The van der Waals surface area contributed by atoms with Gasteiger partial charge in [-0.05, 0) is 0 Å². The van der Waals surface area contributed by atoms with Crippen molar-refractivity contribution in [2.24, 2.45) is 0 Å². The molecule has 0 unspecified atom stereocenters. The molecule has 0 rings (SSSR count). The minimum absolute atomic E-state index is 0.0924. The number of nitrogens with one attached hydrogen (secondary N) is 2. The third-order valence-corrected chi connectivity index (χ3v) is 1.85. The van der Waals surface area contributed by atoms with Gasteiger partial charge in [0.25, 0.3) is 0 Å². The van der Waals surface area contributed by atoms with Gasteiger partial charge in [-0.3, -0.25) is 9.59 Å². The van der Waals surface area contributed by atoms with Crippen LogP contribution < -0.4 is 10.9 Å². The first kappa shape index (κ1) is 13.8. The van der Waals surface area contributed by atoms with E-state index < -0.39 is 18.0 Å². The van der Waals surface area contributed by atoms with Gasteiger partial charge in [0.1, 0.15) is 6.04 Å². The van der Waals surface area contributed by atoms with E-state index in [1.54, 1.807) is 14.1 Å². The number of hydrogen-bond donors (Lipinski definition) is 2. The van der Waals surface area contributed by atoms with Crippen LogP contribution in [0, 0.1) is 0 Å². The Balaban J connectivity index is 4.56. The minimum atomic E-state index is -0.766. The summed E-state index contributed by atoms with van der Waals surface area (Å²) in [6.07, 6.45) is -0.0924. The van der Waals surface area contributed by atoms with Gasteiger partial charge >= 0.3 is 11.9 Å². The summed E-state index contributed by atoms with van der Waals surface area (Å²) in [4.78, 5) is 22.4. The number of hydrogen-bond acceptors (Lipinski definition) is 7. The highest BCUT2D eigenvalue weighted by atomic mass is 16.5. The summed E-state index contributed by atoms with van der Waals surface area (Å²) in [5.74, 6) is -1.01. The maximum atomic E-state index is 11.4. The molecular weight excluding hydrogens is 202 g/mol. The molecule has 0 amide bonds. The number of hydrazine groups is 2. The Kier molecular flexibility index (Phi) is 6.59. The monoisotopic (exact) mass is 219 g/mol. The summed E-state index contributed by atoms with van der Waals surface area (Å²) >= 11 is 0. The number of nitrogens with zero attached hydrogens (tertiary/aromatic N) is 1. The minimum Gasteiger partial charge on any atom is -0.469 e. The van der Waals surface area contributed by atoms with Gasteiger partial charge in [0.15, 0.2) is 0 Å². The largest absolute Gasteiger partial charge is 0.469 e. The van der Waals surface area contributed by atoms with E-state index in [1.807, 2.05) is 0 Å². The van der Waals surface area contributed by atoms with Crippen LogP contribution in [-0.4, -0.2) is 51.4 Å². The van der Waals surface area contributed by atoms with Gasteiger partial charge in [-0.2, -0.15) is 5.12 Å². The van der Waals surface area contributed by atoms with Gasteiger partial charge in [0.2, 0.25) is 0 Å². The second kappa shape index (κ2) is 7.16. The van der Waals surface area contributed by atoms with Crippen molar-refractivity contribution in [3.05, 3.63) is 0 Å². The number of carbonyl (C=O) groups is 2. The molecule has 0 spiro atoms. The van der Waals surface area contributed by atoms with Crippen molar-refractivity contribution >= 4 is 11.9 Å². The van der Waals surface area contributed by atoms with Crippen LogP contribution in [0.15, 0.2) is 0 Å². The maximum Gasteiger partial charge on any atom is 0.326 e. The summed E-state index contributed by atoms with van der Waals surface area (Å²) in [7, 11) is 5.75. The standard InChI is InChI=1S/C8H17N3O4/c1-9-11(10-2)6(8(13)15-4)5-7(12)14-3/h6,9-10H,5H2,1-4H3/t6-/m0/s1. The van der Waals surface area contributed by atoms with Crippen molar-refractivity contribution in [3.8, 4) is 0 Å². The lowest BCUT2D eigenvalue weighted by Crippen LogP contribution is -2.55. The molecule has 0 aromatic heterocycles. The van der Waals surface area contributed by atoms with Gasteiger partial charge in [0.05, 0.1) is 20.6 Å². The van der Waals surface area contributed by atoms with E-state index in [0.717, 1.165) is 0 Å². The molecule has 0 aromatic carbocycles. The third-order valence-electron chi connectivity index (χ3n) is 1.85. The molecule has 0 aliphatic carbocycles. The molecule has 0 bridgehead atoms. The zero-order chi connectivity index (χ0) is 11.8. The summed E-state index contributed by atoms with van der Waals surface area (Å²) in [5.41, 5.74) is 5.42. The molecule has 0 aromatic rings. The molecule has 0 aliphatic rings. The van der Waals surface area contributed by atoms with Gasteiger partial charge in [-0.1, -0.05) is 0 Å². The smallest absolute Gasteiger partial charge is 0.326 e. The van der Waals surface area contributed by atoms with Crippen LogP contribution >= 0.6 is 0 Å². The predicted octanol–water partition coefficient (Wildman–Crippen LogP) is -1.34. The Labute approximate surface area is 88.6 Å². The third kappa shape index (κ3) is 4.24. The second-order valence-electron chi connectivity index (χ2n) is 2.64. The predicted molar refractivity (Wildman–Crippen MR) is 52.4 cm³/mol. The molecule has 0 saturated carbocycles. The van der Waals surface area contributed by atoms with E-state index in [2.05, 4.69) is 20.3 Å². The molecular formula is C8H17N3O4. The van der Waals surface area contributed by atoms with E-state index in [9.17, 15) is 9.59 Å². The molecule has 0 heterocycles. The molecule has 0 aliphatic heterocycles. The lowest BCUT2D eigenvalue weighted by atomic mass is 10.2. The Morgan fingerprint density at radius 3 is 2.07 bits per heavy atom. The van der Waals surface area contributed by atoms with Crippen LogP contribution in [0.1, 0.15) is 6.42 Å². The van der Waals surface area contributed by atoms with Gasteiger partial charge in [-0.15, -0.1) is 0 Å². The van der Waals surface area contributed by atoms with Gasteiger partial charge in [-0.25, -0.2) is 10.9 Å². The zero-order valence-corrected chi connectivity index (χ0v) is 9.36. The van der Waals surface area contributed by atoms with Gasteiger partial charge < -0.3 is 9.47 Å². The molecule has 1 atom stereocenters. The number of ether oxygens (including phenoxy) is 2. The summed E-state index contributed by atoms with van der Waals surface area (Å²) in [6, 6.07) is -0.766. The van der Waals surface area contributed by atoms with Crippen molar-refractivity contribution < 1.29 is 19.1 Å². The zero-order valence-electron chi connectivity index (χ0n) is 9.36. The number of rotatable bonds is 6. The highest BCUT2D eigenvalue weighted by molar-refractivity contribution is 5.82. The fraction of sp³-hybridized carbons (Fsp3) is 0.750. The number of methoxy groups -OCH3 is 2. The fourth-order valence-electron chi connectivity index (χ4n) is 1.08. The second-order valence-corrected chi connectivity index (χ2v) is 2.64. The van der Waals surface area contributed by atoms with Crippen molar-refractivity contribution in [1.29, 1.82) is 0 Å². The fourth-order valence-corrected chi connectivity index (χ4v) is 1.08. The first-order valence-electron chi connectivity index (χ1n) is 4.39. The Morgan fingerprint density at radius 2 is 1.73 bits per heavy atom. The lowest BCUT2D eigenvalue weighted by molar-refractivity contribution is -0.156. The Hall–Kier alpha value is -1.18. The Morgan fingerprint density at radius 1 is 1.20 bits per heavy atom. The van der Waals surface area contributed by atoms with E-state index >= 15 is 0 Å². The molecule has 7 heteroatoms. The quantitative estimate of drug-likeness (QED) is 0.423. The number of carbonyl (C=O) groups excluding carboxylic acids is 2. The topological polar surface area (TPSA) is 79.9 Å². The van der Waals surface area contributed by atoms with E-state index in [4.69, 9.17) is 0 Å². The van der Waals surface area contributed by atoms with Crippen LogP contribution in [0.2, 0.25) is 0 Å². The van der Waals surface area contributed by atoms with E-state index in [-0.39, 0.29) is 6.42 Å². The highest BCUT2D eigenvalue weighted by Crippen LogP contribution is 2.02. The summed E-state index contributed by atoms with van der Waals surface area (Å²) in [5, 5.41) is 1.36. The van der Waals surface area contributed by atoms with Crippen molar-refractivity contribution in [2.75, 3.05) is 28.3 Å². The van der Waals surface area contributed by atoms with Gasteiger partial charge in [0, 0.05) is 14.1 Å². The average Bonchev–Trinajstić information content (AvgIpc) is 2.27. The normalized spacial score (nSPS) is 12.3. The maximum absolute atomic E-state index is 11.4. The molecule has 7 nitrogen and oxygen atoms in total. The van der Waals surface area contributed by atoms with Crippen LogP contribution in [-0.2, 0) is 19.1 Å². The van der Waals surface area contributed by atoms with Crippen LogP contribution in [0.3, 0.4) is 0 Å². The van der Waals surface area contributed by atoms with E-state index in [1.165, 1.54) is 19.3 Å². The molecule has 0 fully saturated rings. The SMILES string of the molecule is CNN(NC)[C@@H](CC(=O)OC)C(=O)OC. The molecule has 0 radical (unpaired) electrons. The average molecular weight is 219 g/mol. The highest BCUT2D eigenvalue weighted by Gasteiger charge is 2.28. The molecule has 88 valence electrons. The van der Waals surface area contributed by atoms with E-state index in [0.29, 0.717) is 0 Å². The van der Waals surface area contributed by atoms with Crippen molar-refractivity contribution in [3.63, 3.8) is 0 Å². The first-order chi connectivity index (χ1) is 7.10. The molecule has 0 saturated heterocycles. The van der Waals surface area contributed by atoms with Crippen LogP contribution in [0.4, 0.5) is 0 Å². The first-order valence-corrected chi connectivity index (χ1v) is 4.39. The molecule has 2 N–H and O–H groups in total. The number of esters is 2. The van der Waals surface area contributed by atoms with Crippen LogP contribution in [0.5, 0.6) is 0 Å². The summed E-state index contributed by atoms with van der Waals surface area (Å²) < 4.78 is 9.06. The molecule has 15 heavy (non-hydrogen) atoms. The summed E-state index contributed by atoms with van der Waals surface area (Å²) in [6.45, 7) is 0. The Bertz CT molecular complexity index is 218. The van der Waals surface area contributed by atoms with Crippen molar-refractivity contribution in [2.45, 2.75) is 12.5 Å².